The Morgan fingerprint density at radius 3 is 2.80 bits per heavy atom. The van der Waals surface area contributed by atoms with Gasteiger partial charge in [-0.15, -0.1) is 0 Å². The number of rotatable bonds is 4. The summed E-state index contributed by atoms with van der Waals surface area (Å²) in [7, 11) is 0. The fourth-order valence-corrected chi connectivity index (χ4v) is 3.90. The molecule has 25 heavy (non-hydrogen) atoms. The van der Waals surface area contributed by atoms with Crippen LogP contribution in [-0.2, 0) is 0 Å². The lowest BCUT2D eigenvalue weighted by molar-refractivity contribution is 0.0922. The van der Waals surface area contributed by atoms with E-state index in [2.05, 4.69) is 20.4 Å². The molecule has 0 bridgehead atoms. The second-order valence-electron chi connectivity index (χ2n) is 6.29. The fourth-order valence-electron chi connectivity index (χ4n) is 3.27. The minimum absolute atomic E-state index is 0.0359. The number of carbonyl (C=O) groups excluding carboxylic acids is 1. The number of hydrogen-bond donors (Lipinski definition) is 1. The Balaban J connectivity index is 1.34. The molecule has 6 nitrogen and oxygen atoms in total. The Hall–Kier alpha value is -2.54. The summed E-state index contributed by atoms with van der Waals surface area (Å²) in [4.78, 5) is 20.6. The summed E-state index contributed by atoms with van der Waals surface area (Å²) >= 11 is 1.55. The van der Waals surface area contributed by atoms with Crippen molar-refractivity contribution in [2.24, 2.45) is 0 Å². The van der Waals surface area contributed by atoms with Crippen LogP contribution in [0.4, 0.5) is 0 Å². The SMILES string of the molecule is O=C(NC1CCC(n2cc(-c3cnccn3)cn2)CC1)c1ccsc1. The molecule has 4 rings (SSSR count). The van der Waals surface area contributed by atoms with Gasteiger partial charge in [0.2, 0.25) is 0 Å². The first-order chi connectivity index (χ1) is 12.3. The highest BCUT2D eigenvalue weighted by Gasteiger charge is 2.24. The van der Waals surface area contributed by atoms with Crippen LogP contribution in [-0.4, -0.2) is 31.7 Å². The zero-order chi connectivity index (χ0) is 17.1. The van der Waals surface area contributed by atoms with Gasteiger partial charge in [-0.05, 0) is 37.1 Å². The number of carbonyl (C=O) groups is 1. The lowest BCUT2D eigenvalue weighted by Gasteiger charge is -2.29. The van der Waals surface area contributed by atoms with E-state index in [1.165, 1.54) is 0 Å². The molecule has 0 atom stereocenters. The Labute approximate surface area is 149 Å². The quantitative estimate of drug-likeness (QED) is 0.781. The number of aromatic nitrogens is 4. The number of amides is 1. The van der Waals surface area contributed by atoms with Gasteiger partial charge in [0, 0.05) is 41.1 Å². The monoisotopic (exact) mass is 353 g/mol. The molecule has 3 aromatic heterocycles. The summed E-state index contributed by atoms with van der Waals surface area (Å²) in [6.45, 7) is 0. The number of thiophene rings is 1. The van der Waals surface area contributed by atoms with Crippen LogP contribution >= 0.6 is 11.3 Å². The third-order valence-corrected chi connectivity index (χ3v) is 5.33. The highest BCUT2D eigenvalue weighted by atomic mass is 32.1. The molecular weight excluding hydrogens is 334 g/mol. The largest absolute Gasteiger partial charge is 0.349 e. The fraction of sp³-hybridized carbons (Fsp3) is 0.333. The molecule has 1 saturated carbocycles. The lowest BCUT2D eigenvalue weighted by Crippen LogP contribution is -2.37. The van der Waals surface area contributed by atoms with Gasteiger partial charge in [-0.2, -0.15) is 16.4 Å². The van der Waals surface area contributed by atoms with E-state index >= 15 is 0 Å². The Morgan fingerprint density at radius 2 is 2.08 bits per heavy atom. The third-order valence-electron chi connectivity index (χ3n) is 4.65. The molecule has 1 aliphatic rings. The van der Waals surface area contributed by atoms with E-state index < -0.39 is 0 Å². The predicted octanol–water partition coefficient (Wildman–Crippen LogP) is 3.32. The van der Waals surface area contributed by atoms with Gasteiger partial charge < -0.3 is 5.32 Å². The molecular formula is C18H19N5OS. The molecule has 0 aliphatic heterocycles. The highest BCUT2D eigenvalue weighted by Crippen LogP contribution is 2.29. The van der Waals surface area contributed by atoms with Crippen molar-refractivity contribution in [3.8, 4) is 11.3 Å². The van der Waals surface area contributed by atoms with Gasteiger partial charge in [0.15, 0.2) is 0 Å². The molecule has 128 valence electrons. The van der Waals surface area contributed by atoms with Crippen molar-refractivity contribution in [2.45, 2.75) is 37.8 Å². The Morgan fingerprint density at radius 1 is 1.20 bits per heavy atom. The maximum Gasteiger partial charge on any atom is 0.252 e. The minimum Gasteiger partial charge on any atom is -0.349 e. The van der Waals surface area contributed by atoms with E-state index in [0.29, 0.717) is 6.04 Å². The molecule has 0 radical (unpaired) electrons. The number of nitrogens with zero attached hydrogens (tertiary/aromatic N) is 4. The maximum atomic E-state index is 12.2. The molecule has 0 saturated heterocycles. The van der Waals surface area contributed by atoms with Crippen molar-refractivity contribution in [1.82, 2.24) is 25.1 Å². The van der Waals surface area contributed by atoms with E-state index in [1.54, 1.807) is 29.9 Å². The molecule has 3 aromatic rings. The molecule has 3 heterocycles. The molecule has 7 heteroatoms. The van der Waals surface area contributed by atoms with Crippen LogP contribution in [0.5, 0.6) is 0 Å². The zero-order valence-electron chi connectivity index (χ0n) is 13.7. The normalized spacial score (nSPS) is 20.3. The van der Waals surface area contributed by atoms with Crippen molar-refractivity contribution in [2.75, 3.05) is 0 Å². The van der Waals surface area contributed by atoms with Gasteiger partial charge >= 0.3 is 0 Å². The van der Waals surface area contributed by atoms with Gasteiger partial charge in [0.25, 0.3) is 5.91 Å². The van der Waals surface area contributed by atoms with Crippen molar-refractivity contribution < 1.29 is 4.79 Å². The van der Waals surface area contributed by atoms with Gasteiger partial charge in [-0.1, -0.05) is 0 Å². The summed E-state index contributed by atoms with van der Waals surface area (Å²) in [6.07, 6.45) is 13.0. The van der Waals surface area contributed by atoms with E-state index in [1.807, 2.05) is 33.9 Å². The minimum atomic E-state index is 0.0359. The number of nitrogens with one attached hydrogen (secondary N) is 1. The topological polar surface area (TPSA) is 72.7 Å². The lowest BCUT2D eigenvalue weighted by atomic mass is 9.91. The smallest absolute Gasteiger partial charge is 0.252 e. The first kappa shape index (κ1) is 16.0. The maximum absolute atomic E-state index is 12.2. The highest BCUT2D eigenvalue weighted by molar-refractivity contribution is 7.08. The predicted molar refractivity (Wildman–Crippen MR) is 96.3 cm³/mol. The Kier molecular flexibility index (Phi) is 4.56. The average Bonchev–Trinajstić information content (AvgIpc) is 3.35. The summed E-state index contributed by atoms with van der Waals surface area (Å²) in [5.74, 6) is 0.0359. The van der Waals surface area contributed by atoms with Crippen LogP contribution in [0.1, 0.15) is 42.1 Å². The second kappa shape index (κ2) is 7.14. The van der Waals surface area contributed by atoms with Gasteiger partial charge in [0.05, 0.1) is 24.1 Å². The van der Waals surface area contributed by atoms with Crippen LogP contribution in [0.25, 0.3) is 11.3 Å². The summed E-state index contributed by atoms with van der Waals surface area (Å²) in [5, 5.41) is 11.5. The molecule has 0 aromatic carbocycles. The van der Waals surface area contributed by atoms with Crippen LogP contribution in [0.2, 0.25) is 0 Å². The van der Waals surface area contributed by atoms with E-state index in [-0.39, 0.29) is 11.9 Å². The van der Waals surface area contributed by atoms with E-state index in [9.17, 15) is 4.79 Å². The molecule has 1 aliphatic carbocycles. The van der Waals surface area contributed by atoms with Crippen LogP contribution < -0.4 is 5.32 Å². The van der Waals surface area contributed by atoms with Crippen LogP contribution in [0.3, 0.4) is 0 Å². The molecule has 1 amide bonds. The van der Waals surface area contributed by atoms with E-state index in [0.717, 1.165) is 42.5 Å². The second-order valence-corrected chi connectivity index (χ2v) is 7.07. The first-order valence-electron chi connectivity index (χ1n) is 8.43. The van der Waals surface area contributed by atoms with Gasteiger partial charge in [-0.25, -0.2) is 0 Å². The summed E-state index contributed by atoms with van der Waals surface area (Å²) in [6, 6.07) is 2.49. The summed E-state index contributed by atoms with van der Waals surface area (Å²) < 4.78 is 2.03. The van der Waals surface area contributed by atoms with Crippen LogP contribution in [0.15, 0.2) is 47.8 Å². The summed E-state index contributed by atoms with van der Waals surface area (Å²) in [5.41, 5.74) is 2.58. The molecule has 1 fully saturated rings. The molecule has 0 unspecified atom stereocenters. The molecule has 0 spiro atoms. The van der Waals surface area contributed by atoms with E-state index in [4.69, 9.17) is 0 Å². The van der Waals surface area contributed by atoms with Gasteiger partial charge in [0.1, 0.15) is 0 Å². The van der Waals surface area contributed by atoms with Crippen molar-refractivity contribution in [3.63, 3.8) is 0 Å². The van der Waals surface area contributed by atoms with Gasteiger partial charge in [-0.3, -0.25) is 19.4 Å². The first-order valence-corrected chi connectivity index (χ1v) is 9.37. The molecule has 1 N–H and O–H groups in total. The van der Waals surface area contributed by atoms with Crippen molar-refractivity contribution in [1.29, 1.82) is 0 Å². The number of hydrogen-bond acceptors (Lipinski definition) is 5. The van der Waals surface area contributed by atoms with Crippen molar-refractivity contribution in [3.05, 3.63) is 53.4 Å². The zero-order valence-corrected chi connectivity index (χ0v) is 14.5. The third kappa shape index (κ3) is 3.61. The van der Waals surface area contributed by atoms with Crippen molar-refractivity contribution >= 4 is 17.2 Å². The average molecular weight is 353 g/mol. The van der Waals surface area contributed by atoms with Crippen LogP contribution in [0, 0.1) is 0 Å². The Bertz CT molecular complexity index is 822. The standard InChI is InChI=1S/C18H19N5OS/c24-18(13-5-8-25-12-13)22-15-1-3-16(4-2-15)23-11-14(9-21-23)17-10-19-6-7-20-17/h5-12,15-16H,1-4H2,(H,22,24).